The highest BCUT2D eigenvalue weighted by atomic mass is 35.5. The van der Waals surface area contributed by atoms with E-state index in [4.69, 9.17) is 29.9 Å². The van der Waals surface area contributed by atoms with Crippen LogP contribution in [0.5, 0.6) is 11.5 Å². The first-order valence-corrected chi connectivity index (χ1v) is 11.0. The summed E-state index contributed by atoms with van der Waals surface area (Å²) in [5.41, 5.74) is 0.491. The second-order valence-electron chi connectivity index (χ2n) is 8.23. The van der Waals surface area contributed by atoms with Crippen molar-refractivity contribution in [1.82, 2.24) is 20.2 Å². The van der Waals surface area contributed by atoms with Crippen LogP contribution in [0.3, 0.4) is 0 Å². The number of carbonyl (C=O) groups is 1. The molecule has 2 aliphatic heterocycles. The highest BCUT2D eigenvalue weighted by Crippen LogP contribution is 2.35. The van der Waals surface area contributed by atoms with Crippen LogP contribution in [0.2, 0.25) is 5.02 Å². The monoisotopic (exact) mass is 490 g/mol. The summed E-state index contributed by atoms with van der Waals surface area (Å²) in [4.78, 5) is 21.9. The number of aromatic nitrogens is 2. The van der Waals surface area contributed by atoms with E-state index in [1.54, 1.807) is 6.07 Å². The summed E-state index contributed by atoms with van der Waals surface area (Å²) in [6.45, 7) is 2.80. The number of alkyl carbamates (subject to hydrolysis) is 1. The molecule has 0 unspecified atom stereocenters. The van der Waals surface area contributed by atoms with E-state index in [0.29, 0.717) is 55.0 Å². The van der Waals surface area contributed by atoms with E-state index >= 15 is 0 Å². The lowest BCUT2D eigenvalue weighted by atomic mass is 9.94. The van der Waals surface area contributed by atoms with Gasteiger partial charge in [-0.05, 0) is 30.7 Å². The third-order valence-electron chi connectivity index (χ3n) is 5.76. The number of nitrogens with zero attached hydrogens (tertiary/aromatic N) is 3. The number of ether oxygens (including phenoxy) is 3. The average Bonchev–Trinajstić information content (AvgIpc) is 3.20. The van der Waals surface area contributed by atoms with Gasteiger partial charge in [-0.2, -0.15) is 0 Å². The molecule has 3 heterocycles. The van der Waals surface area contributed by atoms with Gasteiger partial charge in [0.25, 0.3) is 0 Å². The SMILES string of the molecule is [2H]C([2H])([2H])Oc1cc2ncnc(Nc3ccc(F)c(Cl)c3)c2cc1OCCCN1CC2(CNC(=O)O2)C1. The van der Waals surface area contributed by atoms with Crippen LogP contribution in [0.15, 0.2) is 36.7 Å². The molecule has 2 saturated heterocycles. The molecule has 178 valence electrons. The lowest BCUT2D eigenvalue weighted by Gasteiger charge is -2.45. The number of nitrogens with one attached hydrogen (secondary N) is 2. The highest BCUT2D eigenvalue weighted by Gasteiger charge is 2.49. The van der Waals surface area contributed by atoms with E-state index in [1.807, 2.05) is 0 Å². The number of halogens is 2. The summed E-state index contributed by atoms with van der Waals surface area (Å²) in [6, 6.07) is 7.25. The molecule has 2 aromatic carbocycles. The zero-order valence-corrected chi connectivity index (χ0v) is 18.7. The molecule has 0 saturated carbocycles. The largest absolute Gasteiger partial charge is 0.493 e. The number of carbonyl (C=O) groups excluding carboxylic acids is 1. The van der Waals surface area contributed by atoms with Gasteiger partial charge in [-0.15, -0.1) is 0 Å². The molecule has 1 amide bonds. The van der Waals surface area contributed by atoms with Crippen LogP contribution in [0.25, 0.3) is 10.9 Å². The van der Waals surface area contributed by atoms with Crippen molar-refractivity contribution in [3.05, 3.63) is 47.5 Å². The van der Waals surface area contributed by atoms with Crippen molar-refractivity contribution in [3.63, 3.8) is 0 Å². The summed E-state index contributed by atoms with van der Waals surface area (Å²) in [7, 11) is -2.69. The molecule has 11 heteroatoms. The maximum atomic E-state index is 13.6. The van der Waals surface area contributed by atoms with Crippen LogP contribution < -0.4 is 20.1 Å². The third-order valence-corrected chi connectivity index (χ3v) is 6.05. The van der Waals surface area contributed by atoms with Crippen molar-refractivity contribution >= 4 is 40.1 Å². The van der Waals surface area contributed by atoms with Gasteiger partial charge in [0.2, 0.25) is 0 Å². The minimum absolute atomic E-state index is 0.0221. The van der Waals surface area contributed by atoms with Crippen molar-refractivity contribution < 1.29 is 27.5 Å². The molecule has 2 N–H and O–H groups in total. The molecule has 5 rings (SSSR count). The van der Waals surface area contributed by atoms with Gasteiger partial charge in [0.1, 0.15) is 18.0 Å². The molecule has 34 heavy (non-hydrogen) atoms. The second-order valence-corrected chi connectivity index (χ2v) is 8.64. The van der Waals surface area contributed by atoms with Gasteiger partial charge in [0, 0.05) is 36.8 Å². The number of hydrogen-bond donors (Lipinski definition) is 2. The number of amides is 1. The topological polar surface area (TPSA) is 97.8 Å². The average molecular weight is 491 g/mol. The molecule has 0 radical (unpaired) electrons. The third kappa shape index (κ3) is 4.51. The maximum Gasteiger partial charge on any atom is 0.407 e. The Morgan fingerprint density at radius 2 is 2.21 bits per heavy atom. The van der Waals surface area contributed by atoms with Gasteiger partial charge in [-0.1, -0.05) is 11.6 Å². The summed E-state index contributed by atoms with van der Waals surface area (Å²) in [5, 5.41) is 6.24. The van der Waals surface area contributed by atoms with Crippen LogP contribution in [-0.2, 0) is 4.74 Å². The fourth-order valence-corrected chi connectivity index (χ4v) is 4.32. The Kier molecular flexibility index (Phi) is 5.09. The summed E-state index contributed by atoms with van der Waals surface area (Å²) >= 11 is 5.89. The second kappa shape index (κ2) is 9.11. The number of likely N-dealkylation sites (tertiary alicyclic amines) is 1. The summed E-state index contributed by atoms with van der Waals surface area (Å²) in [5.74, 6) is 0.0845. The normalized spacial score (nSPS) is 18.4. The predicted octanol–water partition coefficient (Wildman–Crippen LogP) is 3.74. The van der Waals surface area contributed by atoms with Gasteiger partial charge in [0.15, 0.2) is 17.1 Å². The van der Waals surface area contributed by atoms with Gasteiger partial charge in [-0.25, -0.2) is 19.2 Å². The number of hydrogen-bond acceptors (Lipinski definition) is 8. The minimum atomic E-state index is -2.69. The number of anilines is 2. The molecule has 0 atom stereocenters. The Morgan fingerprint density at radius 3 is 2.97 bits per heavy atom. The first-order valence-electron chi connectivity index (χ1n) is 12.1. The first kappa shape index (κ1) is 19.0. The molecule has 0 bridgehead atoms. The lowest BCUT2D eigenvalue weighted by molar-refractivity contribution is -0.0735. The highest BCUT2D eigenvalue weighted by molar-refractivity contribution is 6.31. The van der Waals surface area contributed by atoms with Crippen LogP contribution >= 0.6 is 11.6 Å². The van der Waals surface area contributed by atoms with E-state index in [1.165, 1.54) is 30.6 Å². The molecule has 2 fully saturated rings. The van der Waals surface area contributed by atoms with Crippen LogP contribution in [0, 0.1) is 5.82 Å². The summed E-state index contributed by atoms with van der Waals surface area (Å²) < 4.78 is 52.5. The Hall–Kier alpha value is -3.37. The molecular formula is C23H23ClFN5O4. The van der Waals surface area contributed by atoms with Crippen LogP contribution in [-0.4, -0.2) is 66.4 Å². The fraction of sp³-hybridized carbons (Fsp3) is 0.348. The molecule has 2 aliphatic rings. The van der Waals surface area contributed by atoms with Crippen LogP contribution in [0.4, 0.5) is 20.7 Å². The molecular weight excluding hydrogens is 465 g/mol. The van der Waals surface area contributed by atoms with Gasteiger partial charge in [-0.3, -0.25) is 4.90 Å². The van der Waals surface area contributed by atoms with Gasteiger partial charge in [0.05, 0.1) is 34.8 Å². The quantitative estimate of drug-likeness (QED) is 0.461. The van der Waals surface area contributed by atoms with E-state index in [9.17, 15) is 9.18 Å². The van der Waals surface area contributed by atoms with Gasteiger partial charge >= 0.3 is 6.09 Å². The van der Waals surface area contributed by atoms with Crippen molar-refractivity contribution in [3.8, 4) is 11.5 Å². The standard InChI is InChI=1S/C23H23ClFN5O4/c1-32-19-9-18-15(21(28-13-27-18)29-14-3-4-17(25)16(24)7-14)8-20(19)33-6-2-5-30-11-23(12-30)10-26-22(31)34-23/h3-4,7-9,13H,2,5-6,10-12H2,1H3,(H,26,31)(H,27,28,29)/i1D3. The van der Waals surface area contributed by atoms with E-state index < -0.39 is 18.5 Å². The summed E-state index contributed by atoms with van der Waals surface area (Å²) in [6.07, 6.45) is 1.57. The van der Waals surface area contributed by atoms with Crippen molar-refractivity contribution in [2.45, 2.75) is 12.0 Å². The van der Waals surface area contributed by atoms with E-state index in [0.717, 1.165) is 0 Å². The number of rotatable bonds is 8. The Balaban J connectivity index is 1.30. The maximum absolute atomic E-state index is 13.6. The Morgan fingerprint density at radius 1 is 1.32 bits per heavy atom. The molecule has 1 aromatic heterocycles. The molecule has 1 spiro atoms. The van der Waals surface area contributed by atoms with Crippen molar-refractivity contribution in [1.29, 1.82) is 0 Å². The van der Waals surface area contributed by atoms with Crippen LogP contribution in [0.1, 0.15) is 10.5 Å². The number of fused-ring (bicyclic) bond motifs is 1. The molecule has 9 nitrogen and oxygen atoms in total. The number of methoxy groups -OCH3 is 1. The predicted molar refractivity (Wildman–Crippen MR) is 125 cm³/mol. The van der Waals surface area contributed by atoms with E-state index in [-0.39, 0.29) is 29.2 Å². The lowest BCUT2D eigenvalue weighted by Crippen LogP contribution is -2.63. The van der Waals surface area contributed by atoms with Gasteiger partial charge < -0.3 is 24.8 Å². The molecule has 0 aliphatic carbocycles. The minimum Gasteiger partial charge on any atom is -0.493 e. The zero-order valence-electron chi connectivity index (χ0n) is 20.9. The van der Waals surface area contributed by atoms with Crippen molar-refractivity contribution in [2.75, 3.05) is 45.1 Å². The zero-order chi connectivity index (χ0) is 26.2. The Labute approximate surface area is 204 Å². The van der Waals surface area contributed by atoms with E-state index in [2.05, 4.69) is 25.5 Å². The smallest absolute Gasteiger partial charge is 0.407 e. The first-order chi connectivity index (χ1) is 17.6. The fourth-order valence-electron chi connectivity index (χ4n) is 4.14. The molecule has 3 aromatic rings. The van der Waals surface area contributed by atoms with Crippen molar-refractivity contribution in [2.24, 2.45) is 0 Å². The number of benzene rings is 2. The Bertz CT molecular complexity index is 1340.